The second-order valence-corrected chi connectivity index (χ2v) is 5.55. The summed E-state index contributed by atoms with van der Waals surface area (Å²) < 4.78 is 5.35. The number of nitrogens with one attached hydrogen (secondary N) is 2. The van der Waals surface area contributed by atoms with E-state index in [9.17, 15) is 19.7 Å². The summed E-state index contributed by atoms with van der Waals surface area (Å²) in [7, 11) is 0. The molecule has 1 aromatic rings. The van der Waals surface area contributed by atoms with Gasteiger partial charge in [-0.1, -0.05) is 19.1 Å². The summed E-state index contributed by atoms with van der Waals surface area (Å²) in [5, 5.41) is 16.1. The lowest BCUT2D eigenvalue weighted by atomic mass is 9.95. The zero-order valence-electron chi connectivity index (χ0n) is 13.7. The molecule has 1 heterocycles. The van der Waals surface area contributed by atoms with Gasteiger partial charge in [0, 0.05) is 17.8 Å². The van der Waals surface area contributed by atoms with E-state index in [1.54, 1.807) is 19.9 Å². The van der Waals surface area contributed by atoms with Crippen LogP contribution in [0.15, 0.2) is 35.5 Å². The third-order valence-electron chi connectivity index (χ3n) is 3.79. The molecule has 0 fully saturated rings. The van der Waals surface area contributed by atoms with Crippen LogP contribution in [-0.4, -0.2) is 23.0 Å². The number of urea groups is 1. The van der Waals surface area contributed by atoms with Gasteiger partial charge in [0.25, 0.3) is 5.69 Å². The Morgan fingerprint density at radius 1 is 1.46 bits per heavy atom. The van der Waals surface area contributed by atoms with Gasteiger partial charge in [-0.05, 0) is 25.8 Å². The molecule has 0 saturated heterocycles. The molecule has 2 rings (SSSR count). The molecular formula is C16H19N3O5. The number of rotatable bonds is 5. The maximum atomic E-state index is 12.5. The summed E-state index contributed by atoms with van der Waals surface area (Å²) in [6.45, 7) is 5.25. The third-order valence-corrected chi connectivity index (χ3v) is 3.79. The number of nitro benzene ring substituents is 1. The van der Waals surface area contributed by atoms with E-state index >= 15 is 0 Å². The molecule has 1 aliphatic rings. The number of carbonyl (C=O) groups is 2. The van der Waals surface area contributed by atoms with Gasteiger partial charge in [0.05, 0.1) is 22.6 Å². The first-order valence-corrected chi connectivity index (χ1v) is 7.57. The fourth-order valence-electron chi connectivity index (χ4n) is 2.36. The lowest BCUT2D eigenvalue weighted by Crippen LogP contribution is -2.45. The molecule has 2 atom stereocenters. The second-order valence-electron chi connectivity index (χ2n) is 5.55. The third kappa shape index (κ3) is 3.70. The van der Waals surface area contributed by atoms with Crippen molar-refractivity contribution in [1.29, 1.82) is 0 Å². The normalized spacial score (nSPS) is 18.5. The number of non-ortho nitro benzene ring substituents is 1. The number of hydrogen-bond acceptors (Lipinski definition) is 5. The average molecular weight is 333 g/mol. The van der Waals surface area contributed by atoms with Crippen LogP contribution in [0.3, 0.4) is 0 Å². The van der Waals surface area contributed by atoms with Gasteiger partial charge in [-0.25, -0.2) is 9.59 Å². The molecule has 0 unspecified atom stereocenters. The molecule has 8 nitrogen and oxygen atoms in total. The fourth-order valence-corrected chi connectivity index (χ4v) is 2.36. The summed E-state index contributed by atoms with van der Waals surface area (Å²) in [6.07, 6.45) is 0.375. The molecule has 0 radical (unpaired) electrons. The van der Waals surface area contributed by atoms with Crippen molar-refractivity contribution in [3.05, 3.63) is 51.2 Å². The van der Waals surface area contributed by atoms with Gasteiger partial charge in [0.2, 0.25) is 0 Å². The van der Waals surface area contributed by atoms with E-state index in [2.05, 4.69) is 10.6 Å². The van der Waals surface area contributed by atoms with Crippen LogP contribution in [0, 0.1) is 10.1 Å². The Balaban J connectivity index is 2.43. The molecule has 128 valence electrons. The Morgan fingerprint density at radius 3 is 2.79 bits per heavy atom. The second kappa shape index (κ2) is 7.12. The Kier molecular flexibility index (Phi) is 5.18. The Bertz CT molecular complexity index is 713. The molecule has 2 amide bonds. The first-order valence-electron chi connectivity index (χ1n) is 7.57. The Hall–Kier alpha value is -2.90. The number of ether oxygens (including phenoxy) is 1. The number of benzene rings is 1. The standard InChI is InChI=1S/C16H19N3O5/c1-4-9(2)24-15(20)13-10(3)17-16(21)18-14(13)11-6-5-7-12(8-11)19(22)23/h5-9,14H,4H2,1-3H3,(H2,17,18,21)/t9-,14+/m0/s1. The SMILES string of the molecule is CC[C@H](C)OC(=O)C1=C(C)NC(=O)N[C@@H]1c1cccc([N+](=O)[O-])c1. The summed E-state index contributed by atoms with van der Waals surface area (Å²) in [4.78, 5) is 34.7. The lowest BCUT2D eigenvalue weighted by Gasteiger charge is -2.28. The minimum Gasteiger partial charge on any atom is -0.459 e. The van der Waals surface area contributed by atoms with Crippen molar-refractivity contribution in [3.63, 3.8) is 0 Å². The van der Waals surface area contributed by atoms with Gasteiger partial charge in [-0.3, -0.25) is 10.1 Å². The van der Waals surface area contributed by atoms with Crippen LogP contribution >= 0.6 is 0 Å². The van der Waals surface area contributed by atoms with E-state index in [0.29, 0.717) is 17.7 Å². The molecule has 0 saturated carbocycles. The van der Waals surface area contributed by atoms with E-state index in [0.717, 1.165) is 0 Å². The van der Waals surface area contributed by atoms with Crippen molar-refractivity contribution in [2.75, 3.05) is 0 Å². The maximum Gasteiger partial charge on any atom is 0.338 e. The first kappa shape index (κ1) is 17.5. The summed E-state index contributed by atoms with van der Waals surface area (Å²) in [5.74, 6) is -0.564. The molecule has 1 aliphatic heterocycles. The number of carbonyl (C=O) groups excluding carboxylic acids is 2. The highest BCUT2D eigenvalue weighted by molar-refractivity contribution is 5.95. The highest BCUT2D eigenvalue weighted by Gasteiger charge is 2.33. The predicted octanol–water partition coefficient (Wildman–Crippen LogP) is 2.56. The lowest BCUT2D eigenvalue weighted by molar-refractivity contribution is -0.384. The molecule has 24 heavy (non-hydrogen) atoms. The van der Waals surface area contributed by atoms with Gasteiger partial charge in [0.15, 0.2) is 0 Å². The van der Waals surface area contributed by atoms with Crippen LogP contribution in [0.5, 0.6) is 0 Å². The van der Waals surface area contributed by atoms with Crippen LogP contribution in [-0.2, 0) is 9.53 Å². The number of hydrogen-bond donors (Lipinski definition) is 2. The minimum absolute atomic E-state index is 0.118. The van der Waals surface area contributed by atoms with Crippen LogP contribution in [0.1, 0.15) is 38.8 Å². The van der Waals surface area contributed by atoms with Crippen LogP contribution in [0.2, 0.25) is 0 Å². The molecule has 0 aromatic heterocycles. The van der Waals surface area contributed by atoms with Gasteiger partial charge in [0.1, 0.15) is 0 Å². The van der Waals surface area contributed by atoms with Crippen molar-refractivity contribution in [2.24, 2.45) is 0 Å². The molecule has 0 aliphatic carbocycles. The Labute approximate surface area is 139 Å². The van der Waals surface area contributed by atoms with Crippen molar-refractivity contribution >= 4 is 17.7 Å². The number of amides is 2. The van der Waals surface area contributed by atoms with Crippen molar-refractivity contribution < 1.29 is 19.2 Å². The molecule has 8 heteroatoms. The molecule has 0 spiro atoms. The van der Waals surface area contributed by atoms with Gasteiger partial charge in [-0.2, -0.15) is 0 Å². The predicted molar refractivity (Wildman–Crippen MR) is 86.0 cm³/mol. The van der Waals surface area contributed by atoms with Crippen LogP contribution < -0.4 is 10.6 Å². The monoisotopic (exact) mass is 333 g/mol. The van der Waals surface area contributed by atoms with E-state index in [4.69, 9.17) is 4.74 Å². The molecular weight excluding hydrogens is 314 g/mol. The number of nitrogens with zero attached hydrogens (tertiary/aromatic N) is 1. The molecule has 2 N–H and O–H groups in total. The average Bonchev–Trinajstić information content (AvgIpc) is 2.53. The van der Waals surface area contributed by atoms with Crippen molar-refractivity contribution in [2.45, 2.75) is 39.3 Å². The van der Waals surface area contributed by atoms with E-state index in [1.807, 2.05) is 6.92 Å². The minimum atomic E-state index is -0.810. The summed E-state index contributed by atoms with van der Waals surface area (Å²) in [6, 6.07) is 4.52. The summed E-state index contributed by atoms with van der Waals surface area (Å²) in [5.41, 5.74) is 0.918. The van der Waals surface area contributed by atoms with E-state index < -0.39 is 23.0 Å². The first-order chi connectivity index (χ1) is 11.3. The smallest absolute Gasteiger partial charge is 0.338 e. The fraction of sp³-hybridized carbons (Fsp3) is 0.375. The maximum absolute atomic E-state index is 12.5. The van der Waals surface area contributed by atoms with Gasteiger partial charge >= 0.3 is 12.0 Å². The molecule has 0 bridgehead atoms. The highest BCUT2D eigenvalue weighted by Crippen LogP contribution is 2.29. The topological polar surface area (TPSA) is 111 Å². The highest BCUT2D eigenvalue weighted by atomic mass is 16.6. The summed E-state index contributed by atoms with van der Waals surface area (Å²) >= 11 is 0. The quantitative estimate of drug-likeness (QED) is 0.489. The van der Waals surface area contributed by atoms with Crippen molar-refractivity contribution in [3.8, 4) is 0 Å². The molecule has 1 aromatic carbocycles. The number of esters is 1. The van der Waals surface area contributed by atoms with E-state index in [1.165, 1.54) is 18.2 Å². The number of nitro groups is 1. The van der Waals surface area contributed by atoms with Gasteiger partial charge in [-0.15, -0.1) is 0 Å². The Morgan fingerprint density at radius 2 is 2.17 bits per heavy atom. The van der Waals surface area contributed by atoms with Gasteiger partial charge < -0.3 is 15.4 Å². The zero-order chi connectivity index (χ0) is 17.9. The van der Waals surface area contributed by atoms with Crippen LogP contribution in [0.4, 0.5) is 10.5 Å². The largest absolute Gasteiger partial charge is 0.459 e. The number of allylic oxidation sites excluding steroid dienone is 1. The van der Waals surface area contributed by atoms with Crippen LogP contribution in [0.25, 0.3) is 0 Å². The van der Waals surface area contributed by atoms with Crippen molar-refractivity contribution in [1.82, 2.24) is 10.6 Å². The van der Waals surface area contributed by atoms with E-state index in [-0.39, 0.29) is 17.4 Å². The zero-order valence-corrected chi connectivity index (χ0v) is 13.7.